The van der Waals surface area contributed by atoms with Crippen LogP contribution in [0.25, 0.3) is 0 Å². The topological polar surface area (TPSA) is 47.3 Å². The van der Waals surface area contributed by atoms with Crippen LogP contribution in [0.1, 0.15) is 11.6 Å². The molecule has 0 aliphatic rings. The molecule has 0 saturated carbocycles. The van der Waals surface area contributed by atoms with E-state index in [1.165, 1.54) is 12.1 Å². The third kappa shape index (κ3) is 3.45. The molecule has 3 nitrogen and oxygen atoms in total. The van der Waals surface area contributed by atoms with E-state index in [4.69, 9.17) is 22.2 Å². The van der Waals surface area contributed by atoms with Crippen molar-refractivity contribution in [3.05, 3.63) is 64.7 Å². The minimum Gasteiger partial charge on any atom is -0.491 e. The largest absolute Gasteiger partial charge is 0.491 e. The third-order valence-electron chi connectivity index (χ3n) is 2.77. The quantitative estimate of drug-likeness (QED) is 0.658. The smallest absolute Gasteiger partial charge is 0.163 e. The summed E-state index contributed by atoms with van der Waals surface area (Å²) in [6.07, 6.45) is 0. The number of nitrogens with one attached hydrogen (secondary N) is 1. The van der Waals surface area contributed by atoms with Gasteiger partial charge in [-0.1, -0.05) is 29.8 Å². The van der Waals surface area contributed by atoms with Crippen LogP contribution in [0, 0.1) is 11.6 Å². The molecule has 2 aromatic rings. The van der Waals surface area contributed by atoms with E-state index in [0.717, 1.165) is 6.07 Å². The number of nitrogens with two attached hydrogens (primary N) is 1. The summed E-state index contributed by atoms with van der Waals surface area (Å²) >= 11 is 5.83. The van der Waals surface area contributed by atoms with E-state index in [2.05, 4.69) is 5.43 Å². The number of ether oxygens (including phenoxy) is 1. The monoisotopic (exact) mass is 298 g/mol. The highest BCUT2D eigenvalue weighted by Crippen LogP contribution is 2.22. The zero-order chi connectivity index (χ0) is 14.5. The maximum absolute atomic E-state index is 13.7. The number of rotatable bonds is 5. The second-order valence-corrected chi connectivity index (χ2v) is 4.57. The first-order valence-corrected chi connectivity index (χ1v) is 6.28. The van der Waals surface area contributed by atoms with E-state index in [0.29, 0.717) is 10.8 Å². The lowest BCUT2D eigenvalue weighted by molar-refractivity contribution is 0.263. The van der Waals surface area contributed by atoms with Gasteiger partial charge in [0.1, 0.15) is 12.4 Å². The van der Waals surface area contributed by atoms with Gasteiger partial charge in [-0.2, -0.15) is 0 Å². The fraction of sp³-hybridized carbons (Fsp3) is 0.143. The fourth-order valence-electron chi connectivity index (χ4n) is 1.75. The van der Waals surface area contributed by atoms with E-state index in [9.17, 15) is 8.78 Å². The maximum Gasteiger partial charge on any atom is 0.163 e. The Labute approximate surface area is 120 Å². The Morgan fingerprint density at radius 2 is 1.95 bits per heavy atom. The van der Waals surface area contributed by atoms with Crippen molar-refractivity contribution in [2.75, 3.05) is 6.61 Å². The first-order chi connectivity index (χ1) is 9.61. The molecule has 1 unspecified atom stereocenters. The van der Waals surface area contributed by atoms with Gasteiger partial charge in [0.05, 0.1) is 6.04 Å². The van der Waals surface area contributed by atoms with Crippen molar-refractivity contribution in [2.24, 2.45) is 5.84 Å². The summed E-state index contributed by atoms with van der Waals surface area (Å²) in [5, 5.41) is 0.525. The summed E-state index contributed by atoms with van der Waals surface area (Å²) < 4.78 is 32.3. The molecule has 0 aliphatic heterocycles. The summed E-state index contributed by atoms with van der Waals surface area (Å²) in [7, 11) is 0. The zero-order valence-electron chi connectivity index (χ0n) is 10.4. The Kier molecular flexibility index (Phi) is 4.89. The Hall–Kier alpha value is -1.69. The third-order valence-corrected chi connectivity index (χ3v) is 3.01. The molecule has 20 heavy (non-hydrogen) atoms. The Balaban J connectivity index is 2.11. The highest BCUT2D eigenvalue weighted by Gasteiger charge is 2.17. The second kappa shape index (κ2) is 6.65. The molecule has 3 N–H and O–H groups in total. The number of halogens is 3. The molecule has 0 amide bonds. The van der Waals surface area contributed by atoms with Crippen LogP contribution in [0.4, 0.5) is 8.78 Å². The van der Waals surface area contributed by atoms with Gasteiger partial charge in [0.25, 0.3) is 0 Å². The van der Waals surface area contributed by atoms with Crippen molar-refractivity contribution < 1.29 is 13.5 Å². The minimum atomic E-state index is -0.940. The molecule has 0 aliphatic carbocycles. The molecule has 106 valence electrons. The molecule has 0 spiro atoms. The molecule has 1 atom stereocenters. The number of benzene rings is 2. The predicted molar refractivity (Wildman–Crippen MR) is 73.4 cm³/mol. The van der Waals surface area contributed by atoms with Gasteiger partial charge in [0.15, 0.2) is 11.6 Å². The SMILES string of the molecule is NNC(COc1cccc(Cl)c1)c1cccc(F)c1F. The fourth-order valence-corrected chi connectivity index (χ4v) is 1.93. The van der Waals surface area contributed by atoms with E-state index in [1.54, 1.807) is 24.3 Å². The van der Waals surface area contributed by atoms with Crippen LogP contribution in [0.3, 0.4) is 0 Å². The van der Waals surface area contributed by atoms with Crippen LogP contribution >= 0.6 is 11.6 Å². The average molecular weight is 299 g/mol. The molecular formula is C14H13ClF2N2O. The molecule has 2 aromatic carbocycles. The molecule has 0 heterocycles. The van der Waals surface area contributed by atoms with Gasteiger partial charge in [0, 0.05) is 10.6 Å². The molecule has 0 bridgehead atoms. The summed E-state index contributed by atoms with van der Waals surface area (Å²) in [5.74, 6) is 4.03. The molecule has 0 saturated heterocycles. The van der Waals surface area contributed by atoms with Crippen molar-refractivity contribution in [2.45, 2.75) is 6.04 Å². The Morgan fingerprint density at radius 1 is 1.20 bits per heavy atom. The zero-order valence-corrected chi connectivity index (χ0v) is 11.2. The first kappa shape index (κ1) is 14.7. The molecule has 6 heteroatoms. The van der Waals surface area contributed by atoms with Gasteiger partial charge in [0.2, 0.25) is 0 Å². The number of hydrogen-bond acceptors (Lipinski definition) is 3. The minimum absolute atomic E-state index is 0.0389. The van der Waals surface area contributed by atoms with Crippen LogP contribution in [0.15, 0.2) is 42.5 Å². The lowest BCUT2D eigenvalue weighted by Crippen LogP contribution is -2.33. The van der Waals surface area contributed by atoms with Crippen LogP contribution in [-0.4, -0.2) is 6.61 Å². The van der Waals surface area contributed by atoms with Gasteiger partial charge in [-0.05, 0) is 24.3 Å². The molecule has 0 fully saturated rings. The van der Waals surface area contributed by atoms with Crippen molar-refractivity contribution in [3.63, 3.8) is 0 Å². The van der Waals surface area contributed by atoms with Gasteiger partial charge in [-0.25, -0.2) is 14.2 Å². The van der Waals surface area contributed by atoms with E-state index >= 15 is 0 Å². The Bertz CT molecular complexity index is 595. The van der Waals surface area contributed by atoms with Crippen molar-refractivity contribution >= 4 is 11.6 Å². The highest BCUT2D eigenvalue weighted by molar-refractivity contribution is 6.30. The van der Waals surface area contributed by atoms with Crippen LogP contribution < -0.4 is 16.0 Å². The van der Waals surface area contributed by atoms with Crippen molar-refractivity contribution in [3.8, 4) is 5.75 Å². The average Bonchev–Trinajstić information content (AvgIpc) is 2.44. The first-order valence-electron chi connectivity index (χ1n) is 5.90. The van der Waals surface area contributed by atoms with Gasteiger partial charge in [-0.15, -0.1) is 0 Å². The maximum atomic E-state index is 13.7. The standard InChI is InChI=1S/C14H13ClF2N2O/c15-9-3-1-4-10(7-9)20-8-13(19-18)11-5-2-6-12(16)14(11)17/h1-7,13,19H,8,18H2. The summed E-state index contributed by atoms with van der Waals surface area (Å²) in [6, 6.07) is 10.00. The molecule has 0 aromatic heterocycles. The molecule has 0 radical (unpaired) electrons. The van der Waals surface area contributed by atoms with E-state index < -0.39 is 17.7 Å². The Morgan fingerprint density at radius 3 is 2.65 bits per heavy atom. The van der Waals surface area contributed by atoms with Crippen LogP contribution in [-0.2, 0) is 0 Å². The summed E-state index contributed by atoms with van der Waals surface area (Å²) in [4.78, 5) is 0. The van der Waals surface area contributed by atoms with Crippen LogP contribution in [0.2, 0.25) is 5.02 Å². The van der Waals surface area contributed by atoms with E-state index in [-0.39, 0.29) is 12.2 Å². The molecule has 2 rings (SSSR count). The lowest BCUT2D eigenvalue weighted by Gasteiger charge is -2.18. The lowest BCUT2D eigenvalue weighted by atomic mass is 10.1. The number of hydrogen-bond donors (Lipinski definition) is 2. The second-order valence-electron chi connectivity index (χ2n) is 4.13. The number of hydrazine groups is 1. The van der Waals surface area contributed by atoms with Crippen molar-refractivity contribution in [1.29, 1.82) is 0 Å². The highest BCUT2D eigenvalue weighted by atomic mass is 35.5. The predicted octanol–water partition coefficient (Wildman–Crippen LogP) is 3.20. The summed E-state index contributed by atoms with van der Waals surface area (Å²) in [6.45, 7) is 0.0389. The van der Waals surface area contributed by atoms with Crippen LogP contribution in [0.5, 0.6) is 5.75 Å². The van der Waals surface area contributed by atoms with Crippen molar-refractivity contribution in [1.82, 2.24) is 5.43 Å². The normalized spacial score (nSPS) is 12.2. The van der Waals surface area contributed by atoms with Gasteiger partial charge in [-0.3, -0.25) is 5.84 Å². The van der Waals surface area contributed by atoms with E-state index in [1.807, 2.05) is 0 Å². The summed E-state index contributed by atoms with van der Waals surface area (Å²) in [5.41, 5.74) is 2.51. The van der Waals surface area contributed by atoms with Gasteiger partial charge >= 0.3 is 0 Å². The molecular weight excluding hydrogens is 286 g/mol. The van der Waals surface area contributed by atoms with Gasteiger partial charge < -0.3 is 4.74 Å².